The summed E-state index contributed by atoms with van der Waals surface area (Å²) in [5.74, 6) is 1.47. The van der Waals surface area contributed by atoms with Crippen molar-refractivity contribution in [2.75, 3.05) is 50.6 Å². The maximum atomic E-state index is 5.61. The van der Waals surface area contributed by atoms with Crippen molar-refractivity contribution in [3.63, 3.8) is 0 Å². The minimum Gasteiger partial charge on any atom is -0.497 e. The average molecular weight is 372 g/mol. The van der Waals surface area contributed by atoms with Gasteiger partial charge >= 0.3 is 0 Å². The third kappa shape index (κ3) is 4.19. The molecule has 1 aliphatic rings. The molecular weight excluding hydrogens is 346 g/mol. The van der Waals surface area contributed by atoms with Crippen molar-refractivity contribution in [2.45, 2.75) is 6.92 Å². The van der Waals surface area contributed by atoms with Crippen LogP contribution in [0.1, 0.15) is 5.56 Å². The van der Waals surface area contributed by atoms with Crippen molar-refractivity contribution >= 4 is 28.7 Å². The molecule has 5 nitrogen and oxygen atoms in total. The molecule has 0 spiro atoms. The third-order valence-electron chi connectivity index (χ3n) is 4.58. The van der Waals surface area contributed by atoms with E-state index in [0.717, 1.165) is 42.7 Å². The van der Waals surface area contributed by atoms with E-state index in [-0.39, 0.29) is 0 Å². The normalized spacial score (nSPS) is 14.1. The maximum absolute atomic E-state index is 5.61. The lowest BCUT2D eigenvalue weighted by atomic mass is 10.2. The Kier molecular flexibility index (Phi) is 5.83. The fourth-order valence-corrected chi connectivity index (χ4v) is 3.38. The van der Waals surface area contributed by atoms with E-state index in [2.05, 4.69) is 46.3 Å². The Morgan fingerprint density at radius 3 is 2.42 bits per heavy atom. The van der Waals surface area contributed by atoms with Gasteiger partial charge in [-0.25, -0.2) is 0 Å². The first-order valence-corrected chi connectivity index (χ1v) is 9.11. The van der Waals surface area contributed by atoms with Crippen LogP contribution in [0.15, 0.2) is 42.5 Å². The number of thiocarbonyl (C=S) groups is 1. The van der Waals surface area contributed by atoms with Crippen LogP contribution >= 0.6 is 12.2 Å². The molecule has 6 heteroatoms. The Bertz CT molecular complexity index is 773. The van der Waals surface area contributed by atoms with Gasteiger partial charge in [0.25, 0.3) is 0 Å². The molecule has 1 N–H and O–H groups in total. The predicted octanol–water partition coefficient (Wildman–Crippen LogP) is 3.53. The van der Waals surface area contributed by atoms with Crippen LogP contribution in [0.3, 0.4) is 0 Å². The zero-order chi connectivity index (χ0) is 18.5. The lowest BCUT2D eigenvalue weighted by Crippen LogP contribution is -2.50. The molecule has 0 saturated carbocycles. The van der Waals surface area contributed by atoms with Crippen LogP contribution in [0.25, 0.3) is 0 Å². The third-order valence-corrected chi connectivity index (χ3v) is 4.94. The molecule has 3 rings (SSSR count). The fourth-order valence-electron chi connectivity index (χ4n) is 3.09. The van der Waals surface area contributed by atoms with Crippen LogP contribution in [-0.4, -0.2) is 50.4 Å². The first-order chi connectivity index (χ1) is 12.6. The van der Waals surface area contributed by atoms with E-state index in [1.54, 1.807) is 14.2 Å². The molecule has 0 aliphatic carbocycles. The number of ether oxygens (including phenoxy) is 2. The van der Waals surface area contributed by atoms with Gasteiger partial charge < -0.3 is 24.6 Å². The summed E-state index contributed by atoms with van der Waals surface area (Å²) >= 11 is 5.61. The highest BCUT2D eigenvalue weighted by atomic mass is 32.1. The average Bonchev–Trinajstić information content (AvgIpc) is 2.68. The van der Waals surface area contributed by atoms with Crippen LogP contribution in [0, 0.1) is 6.92 Å². The first-order valence-electron chi connectivity index (χ1n) is 8.70. The summed E-state index contributed by atoms with van der Waals surface area (Å²) in [6.45, 7) is 5.80. The molecule has 0 bridgehead atoms. The second-order valence-electron chi connectivity index (χ2n) is 6.31. The van der Waals surface area contributed by atoms with Gasteiger partial charge in [0.05, 0.1) is 19.9 Å². The molecule has 26 heavy (non-hydrogen) atoms. The number of piperazine rings is 1. The monoisotopic (exact) mass is 371 g/mol. The summed E-state index contributed by atoms with van der Waals surface area (Å²) in [6.07, 6.45) is 0. The van der Waals surface area contributed by atoms with Crippen LogP contribution < -0.4 is 19.7 Å². The second kappa shape index (κ2) is 8.27. The fraction of sp³-hybridized carbons (Fsp3) is 0.350. The van der Waals surface area contributed by atoms with Crippen molar-refractivity contribution in [2.24, 2.45) is 0 Å². The van der Waals surface area contributed by atoms with Crippen LogP contribution in [-0.2, 0) is 0 Å². The van der Waals surface area contributed by atoms with Gasteiger partial charge in [-0.2, -0.15) is 0 Å². The van der Waals surface area contributed by atoms with E-state index in [1.807, 2.05) is 18.2 Å². The molecule has 2 aromatic carbocycles. The second-order valence-corrected chi connectivity index (χ2v) is 6.70. The molecule has 138 valence electrons. The standard InChI is InChI=1S/C20H25N3O2S/c1-15-5-4-6-16(13-15)22-9-11-23(12-10-22)20(26)21-18-8-7-17(24-2)14-19(18)25-3/h4-8,13-14H,9-12H2,1-3H3,(H,21,26). The van der Waals surface area contributed by atoms with Crippen LogP contribution in [0.4, 0.5) is 11.4 Å². The van der Waals surface area contributed by atoms with Crippen molar-refractivity contribution in [1.82, 2.24) is 4.90 Å². The lowest BCUT2D eigenvalue weighted by molar-refractivity contribution is 0.388. The summed E-state index contributed by atoms with van der Waals surface area (Å²) < 4.78 is 10.7. The number of aryl methyl sites for hydroxylation is 1. The van der Waals surface area contributed by atoms with Crippen molar-refractivity contribution in [1.29, 1.82) is 0 Å². The molecule has 2 aromatic rings. The molecule has 0 unspecified atom stereocenters. The summed E-state index contributed by atoms with van der Waals surface area (Å²) in [5.41, 5.74) is 3.41. The number of nitrogens with one attached hydrogen (secondary N) is 1. The summed E-state index contributed by atoms with van der Waals surface area (Å²) in [4.78, 5) is 4.60. The maximum Gasteiger partial charge on any atom is 0.173 e. The SMILES string of the molecule is COc1ccc(NC(=S)N2CCN(c3cccc(C)c3)CC2)c(OC)c1. The zero-order valence-corrected chi connectivity index (χ0v) is 16.3. The number of rotatable bonds is 4. The number of anilines is 2. The molecule has 0 aromatic heterocycles. The Hall–Kier alpha value is -2.47. The molecule has 0 amide bonds. The molecule has 1 aliphatic heterocycles. The quantitative estimate of drug-likeness (QED) is 0.829. The van der Waals surface area contributed by atoms with E-state index in [4.69, 9.17) is 21.7 Å². The molecule has 0 atom stereocenters. The highest BCUT2D eigenvalue weighted by Crippen LogP contribution is 2.29. The number of nitrogens with zero attached hydrogens (tertiary/aromatic N) is 2. The summed E-state index contributed by atoms with van der Waals surface area (Å²) in [7, 11) is 3.28. The topological polar surface area (TPSA) is 37.0 Å². The van der Waals surface area contributed by atoms with E-state index in [1.165, 1.54) is 11.3 Å². The Balaban J connectivity index is 1.60. The molecular formula is C20H25N3O2S. The van der Waals surface area contributed by atoms with E-state index in [0.29, 0.717) is 5.75 Å². The Morgan fingerprint density at radius 2 is 1.77 bits per heavy atom. The van der Waals surface area contributed by atoms with Crippen LogP contribution in [0.5, 0.6) is 11.5 Å². The van der Waals surface area contributed by atoms with Gasteiger partial charge in [-0.15, -0.1) is 0 Å². The van der Waals surface area contributed by atoms with Gasteiger partial charge in [-0.1, -0.05) is 12.1 Å². The smallest absolute Gasteiger partial charge is 0.173 e. The summed E-state index contributed by atoms with van der Waals surface area (Å²) in [5, 5.41) is 4.02. The van der Waals surface area contributed by atoms with Gasteiger partial charge in [0.15, 0.2) is 5.11 Å². The van der Waals surface area contributed by atoms with E-state index in [9.17, 15) is 0 Å². The minimum absolute atomic E-state index is 0.713. The van der Waals surface area contributed by atoms with Gasteiger partial charge in [0, 0.05) is 37.9 Å². The Morgan fingerprint density at radius 1 is 1.00 bits per heavy atom. The molecule has 1 heterocycles. The molecule has 1 saturated heterocycles. The summed E-state index contributed by atoms with van der Waals surface area (Å²) in [6, 6.07) is 14.3. The van der Waals surface area contributed by atoms with Gasteiger partial charge in [0.2, 0.25) is 0 Å². The van der Waals surface area contributed by atoms with Gasteiger partial charge in [-0.05, 0) is 49.0 Å². The molecule has 1 fully saturated rings. The largest absolute Gasteiger partial charge is 0.497 e. The minimum atomic E-state index is 0.713. The number of hydrogen-bond acceptors (Lipinski definition) is 4. The first kappa shape index (κ1) is 18.3. The Labute approximate surface area is 160 Å². The zero-order valence-electron chi connectivity index (χ0n) is 15.5. The number of benzene rings is 2. The predicted molar refractivity (Wildman–Crippen MR) is 111 cm³/mol. The van der Waals surface area contributed by atoms with Crippen molar-refractivity contribution < 1.29 is 9.47 Å². The lowest BCUT2D eigenvalue weighted by Gasteiger charge is -2.37. The van der Waals surface area contributed by atoms with Crippen molar-refractivity contribution in [3.05, 3.63) is 48.0 Å². The number of methoxy groups -OCH3 is 2. The molecule has 0 radical (unpaired) electrons. The van der Waals surface area contributed by atoms with Crippen LogP contribution in [0.2, 0.25) is 0 Å². The van der Waals surface area contributed by atoms with Gasteiger partial charge in [0.1, 0.15) is 11.5 Å². The van der Waals surface area contributed by atoms with E-state index >= 15 is 0 Å². The van der Waals surface area contributed by atoms with Crippen molar-refractivity contribution in [3.8, 4) is 11.5 Å². The highest BCUT2D eigenvalue weighted by Gasteiger charge is 2.20. The number of hydrogen-bond donors (Lipinski definition) is 1. The van der Waals surface area contributed by atoms with E-state index < -0.39 is 0 Å². The highest BCUT2D eigenvalue weighted by molar-refractivity contribution is 7.80. The van der Waals surface area contributed by atoms with Gasteiger partial charge in [-0.3, -0.25) is 0 Å².